The normalized spacial score (nSPS) is 18.6. The first kappa shape index (κ1) is 12.1. The number of halogens is 1. The number of hydrogen-bond acceptors (Lipinski definition) is 3. The van der Waals surface area contributed by atoms with E-state index >= 15 is 0 Å². The molecule has 0 saturated carbocycles. The molecule has 5 heteroatoms. The van der Waals surface area contributed by atoms with Crippen LogP contribution in [-0.2, 0) is 0 Å². The molecule has 0 aromatic carbocycles. The van der Waals surface area contributed by atoms with Gasteiger partial charge in [-0.1, -0.05) is 6.92 Å². The number of likely N-dealkylation sites (tertiary alicyclic amines) is 1. The molecular weight excluding hydrogens is 292 g/mol. The monoisotopic (exact) mass is 308 g/mol. The number of hydrogen-bond donors (Lipinski definition) is 0. The van der Waals surface area contributed by atoms with Gasteiger partial charge in [0.15, 0.2) is 5.65 Å². The number of piperidine rings is 1. The van der Waals surface area contributed by atoms with E-state index in [0.717, 1.165) is 22.5 Å². The Bertz CT molecular complexity index is 543. The van der Waals surface area contributed by atoms with E-state index in [4.69, 9.17) is 0 Å². The molecule has 0 aliphatic carbocycles. The molecule has 1 saturated heterocycles. The van der Waals surface area contributed by atoms with Gasteiger partial charge in [0.05, 0.1) is 0 Å². The summed E-state index contributed by atoms with van der Waals surface area (Å²) in [6, 6.07) is 4.01. The molecule has 0 unspecified atom stereocenters. The molecule has 96 valence electrons. The van der Waals surface area contributed by atoms with Crippen molar-refractivity contribution in [3.05, 3.63) is 28.6 Å². The van der Waals surface area contributed by atoms with Crippen LogP contribution >= 0.6 is 15.9 Å². The molecule has 0 radical (unpaired) electrons. The Morgan fingerprint density at radius 3 is 2.78 bits per heavy atom. The lowest BCUT2D eigenvalue weighted by Gasteiger charge is -2.30. The first-order valence-corrected chi connectivity index (χ1v) is 7.29. The SMILES string of the molecule is CCN1CCC(c2nnc3ccc(Br)cn23)CC1. The van der Waals surface area contributed by atoms with E-state index in [1.54, 1.807) is 0 Å². The van der Waals surface area contributed by atoms with Gasteiger partial charge in [-0.25, -0.2) is 0 Å². The van der Waals surface area contributed by atoms with Crippen LogP contribution in [0.2, 0.25) is 0 Å². The summed E-state index contributed by atoms with van der Waals surface area (Å²) in [5, 5.41) is 8.64. The highest BCUT2D eigenvalue weighted by Crippen LogP contribution is 2.27. The third-order valence-electron chi connectivity index (χ3n) is 3.79. The summed E-state index contributed by atoms with van der Waals surface area (Å²) in [6.07, 6.45) is 4.43. The standard InChI is InChI=1S/C13H17BrN4/c1-2-17-7-5-10(6-8-17)13-16-15-12-4-3-11(14)9-18(12)13/h3-4,9-10H,2,5-8H2,1H3. The fraction of sp³-hybridized carbons (Fsp3) is 0.538. The molecule has 0 amide bonds. The van der Waals surface area contributed by atoms with Crippen LogP contribution in [0.3, 0.4) is 0 Å². The maximum absolute atomic E-state index is 4.38. The lowest BCUT2D eigenvalue weighted by Crippen LogP contribution is -2.33. The van der Waals surface area contributed by atoms with Crippen LogP contribution in [-0.4, -0.2) is 39.1 Å². The Morgan fingerprint density at radius 2 is 2.06 bits per heavy atom. The molecule has 18 heavy (non-hydrogen) atoms. The van der Waals surface area contributed by atoms with E-state index in [9.17, 15) is 0 Å². The Morgan fingerprint density at radius 1 is 1.28 bits per heavy atom. The minimum absolute atomic E-state index is 0.539. The molecule has 0 atom stereocenters. The number of pyridine rings is 1. The van der Waals surface area contributed by atoms with Crippen LogP contribution in [0.15, 0.2) is 22.8 Å². The molecule has 4 nitrogen and oxygen atoms in total. The highest BCUT2D eigenvalue weighted by atomic mass is 79.9. The van der Waals surface area contributed by atoms with E-state index < -0.39 is 0 Å². The highest BCUT2D eigenvalue weighted by Gasteiger charge is 2.23. The molecule has 3 heterocycles. The number of rotatable bonds is 2. The zero-order valence-electron chi connectivity index (χ0n) is 10.5. The second kappa shape index (κ2) is 4.97. The van der Waals surface area contributed by atoms with Crippen LogP contribution in [0.1, 0.15) is 31.5 Å². The number of fused-ring (bicyclic) bond motifs is 1. The predicted molar refractivity (Wildman–Crippen MR) is 74.8 cm³/mol. The summed E-state index contributed by atoms with van der Waals surface area (Å²) < 4.78 is 3.19. The largest absolute Gasteiger partial charge is 0.304 e. The van der Waals surface area contributed by atoms with E-state index in [-0.39, 0.29) is 0 Å². The van der Waals surface area contributed by atoms with Crippen molar-refractivity contribution in [2.24, 2.45) is 0 Å². The molecule has 3 rings (SSSR count). The van der Waals surface area contributed by atoms with Gasteiger partial charge < -0.3 is 4.90 Å². The Hall–Kier alpha value is -0.940. The van der Waals surface area contributed by atoms with E-state index in [2.05, 4.69) is 48.5 Å². The van der Waals surface area contributed by atoms with Gasteiger partial charge in [0.25, 0.3) is 0 Å². The molecular formula is C13H17BrN4. The number of nitrogens with zero attached hydrogens (tertiary/aromatic N) is 4. The predicted octanol–water partition coefficient (Wildman–Crippen LogP) is 2.69. The molecule has 0 bridgehead atoms. The molecule has 0 N–H and O–H groups in total. The lowest BCUT2D eigenvalue weighted by molar-refractivity contribution is 0.218. The zero-order chi connectivity index (χ0) is 12.5. The van der Waals surface area contributed by atoms with Crippen LogP contribution in [0, 0.1) is 0 Å². The van der Waals surface area contributed by atoms with Gasteiger partial charge in [-0.15, -0.1) is 10.2 Å². The van der Waals surface area contributed by atoms with Gasteiger partial charge in [0, 0.05) is 16.6 Å². The summed E-state index contributed by atoms with van der Waals surface area (Å²) in [5.74, 6) is 1.65. The lowest BCUT2D eigenvalue weighted by atomic mass is 9.96. The van der Waals surface area contributed by atoms with Gasteiger partial charge in [-0.2, -0.15) is 0 Å². The second-order valence-electron chi connectivity index (χ2n) is 4.84. The van der Waals surface area contributed by atoms with Crippen LogP contribution in [0.5, 0.6) is 0 Å². The third kappa shape index (κ3) is 2.17. The van der Waals surface area contributed by atoms with Crippen molar-refractivity contribution in [2.75, 3.05) is 19.6 Å². The van der Waals surface area contributed by atoms with Crippen LogP contribution < -0.4 is 0 Å². The topological polar surface area (TPSA) is 33.4 Å². The maximum atomic E-state index is 4.38. The van der Waals surface area contributed by atoms with Gasteiger partial charge in [0.2, 0.25) is 0 Å². The Kier molecular flexibility index (Phi) is 3.35. The third-order valence-corrected chi connectivity index (χ3v) is 4.26. The fourth-order valence-electron chi connectivity index (χ4n) is 2.67. The quantitative estimate of drug-likeness (QED) is 0.855. The van der Waals surface area contributed by atoms with E-state index in [0.29, 0.717) is 5.92 Å². The van der Waals surface area contributed by atoms with Crippen LogP contribution in [0.25, 0.3) is 5.65 Å². The minimum atomic E-state index is 0.539. The Balaban J connectivity index is 1.88. The summed E-state index contributed by atoms with van der Waals surface area (Å²) >= 11 is 3.51. The first-order valence-electron chi connectivity index (χ1n) is 6.50. The highest BCUT2D eigenvalue weighted by molar-refractivity contribution is 9.10. The molecule has 0 spiro atoms. The molecule has 1 aliphatic rings. The van der Waals surface area contributed by atoms with Gasteiger partial charge in [-0.05, 0) is 60.5 Å². The molecule has 1 aliphatic heterocycles. The van der Waals surface area contributed by atoms with E-state index in [1.807, 2.05) is 12.1 Å². The summed E-state index contributed by atoms with van der Waals surface area (Å²) in [5.41, 5.74) is 0.936. The summed E-state index contributed by atoms with van der Waals surface area (Å²) in [6.45, 7) is 5.72. The van der Waals surface area contributed by atoms with Crippen molar-refractivity contribution in [1.29, 1.82) is 0 Å². The van der Waals surface area contributed by atoms with Crippen LogP contribution in [0.4, 0.5) is 0 Å². The van der Waals surface area contributed by atoms with Crippen molar-refractivity contribution >= 4 is 21.6 Å². The zero-order valence-corrected chi connectivity index (χ0v) is 12.1. The molecule has 1 fully saturated rings. The minimum Gasteiger partial charge on any atom is -0.304 e. The van der Waals surface area contributed by atoms with Crippen molar-refractivity contribution in [2.45, 2.75) is 25.7 Å². The van der Waals surface area contributed by atoms with Crippen molar-refractivity contribution < 1.29 is 0 Å². The average Bonchev–Trinajstić information content (AvgIpc) is 2.82. The molecule has 2 aromatic rings. The fourth-order valence-corrected chi connectivity index (χ4v) is 3.01. The van der Waals surface area contributed by atoms with Gasteiger partial charge >= 0.3 is 0 Å². The van der Waals surface area contributed by atoms with E-state index in [1.165, 1.54) is 25.9 Å². The molecule has 2 aromatic heterocycles. The maximum Gasteiger partial charge on any atom is 0.160 e. The average molecular weight is 309 g/mol. The smallest absolute Gasteiger partial charge is 0.160 e. The number of aromatic nitrogens is 3. The summed E-state index contributed by atoms with van der Waals surface area (Å²) in [7, 11) is 0. The summed E-state index contributed by atoms with van der Waals surface area (Å²) in [4.78, 5) is 2.50. The van der Waals surface area contributed by atoms with Crippen molar-refractivity contribution in [1.82, 2.24) is 19.5 Å². The van der Waals surface area contributed by atoms with Crippen molar-refractivity contribution in [3.8, 4) is 0 Å². The second-order valence-corrected chi connectivity index (χ2v) is 5.76. The first-order chi connectivity index (χ1) is 8.78. The Labute approximate surface area is 115 Å². The van der Waals surface area contributed by atoms with Crippen molar-refractivity contribution in [3.63, 3.8) is 0 Å². The van der Waals surface area contributed by atoms with Gasteiger partial charge in [0.1, 0.15) is 5.82 Å². The van der Waals surface area contributed by atoms with Gasteiger partial charge in [-0.3, -0.25) is 4.40 Å².